The first kappa shape index (κ1) is 14.8. The summed E-state index contributed by atoms with van der Waals surface area (Å²) in [7, 11) is 0. The summed E-state index contributed by atoms with van der Waals surface area (Å²) in [5, 5.41) is 0. The number of hydrogen-bond donors (Lipinski definition) is 0. The Morgan fingerprint density at radius 2 is 2.14 bits per heavy atom. The van der Waals surface area contributed by atoms with Crippen LogP contribution < -0.4 is 0 Å². The molecule has 0 bridgehead atoms. The fourth-order valence-corrected chi connectivity index (χ4v) is 5.25. The third-order valence-electron chi connectivity index (χ3n) is 6.29. The summed E-state index contributed by atoms with van der Waals surface area (Å²) in [5.41, 5.74) is 0.782. The van der Waals surface area contributed by atoms with E-state index >= 15 is 0 Å². The van der Waals surface area contributed by atoms with Gasteiger partial charge in [-0.2, -0.15) is 0 Å². The van der Waals surface area contributed by atoms with Gasteiger partial charge in [0.2, 0.25) is 0 Å². The summed E-state index contributed by atoms with van der Waals surface area (Å²) in [6.07, 6.45) is 6.79. The number of ketones is 1. The van der Waals surface area contributed by atoms with E-state index in [0.29, 0.717) is 29.6 Å². The minimum Gasteiger partial charge on any atom is -0.459 e. The van der Waals surface area contributed by atoms with E-state index < -0.39 is 0 Å². The van der Waals surface area contributed by atoms with Gasteiger partial charge in [-0.1, -0.05) is 20.4 Å². The molecule has 2 aliphatic carbocycles. The molecule has 1 aliphatic heterocycles. The molecule has 2 saturated carbocycles. The minimum atomic E-state index is -0.226. The molecular formula is C18H26O3. The van der Waals surface area contributed by atoms with Crippen LogP contribution in [0.2, 0.25) is 0 Å². The highest BCUT2D eigenvalue weighted by molar-refractivity contribution is 5.89. The quantitative estimate of drug-likeness (QED) is 0.588. The molecule has 3 nitrogen and oxygen atoms in total. The topological polar surface area (TPSA) is 43.4 Å². The van der Waals surface area contributed by atoms with E-state index in [-0.39, 0.29) is 23.4 Å². The van der Waals surface area contributed by atoms with E-state index in [1.54, 1.807) is 0 Å². The molecule has 1 saturated heterocycles. The van der Waals surface area contributed by atoms with Crippen LogP contribution in [0, 0.1) is 23.2 Å². The van der Waals surface area contributed by atoms with Crippen LogP contribution in [0.1, 0.15) is 58.8 Å². The van der Waals surface area contributed by atoms with E-state index in [2.05, 4.69) is 20.4 Å². The van der Waals surface area contributed by atoms with Crippen LogP contribution >= 0.6 is 0 Å². The first-order valence-corrected chi connectivity index (χ1v) is 8.33. The van der Waals surface area contributed by atoms with Gasteiger partial charge in [0.05, 0.1) is 0 Å². The van der Waals surface area contributed by atoms with Crippen molar-refractivity contribution in [1.29, 1.82) is 0 Å². The lowest BCUT2D eigenvalue weighted by molar-refractivity contribution is -0.139. The molecule has 0 spiro atoms. The number of ether oxygens (including phenoxy) is 1. The summed E-state index contributed by atoms with van der Waals surface area (Å²) in [6.45, 7) is 8.35. The molecular weight excluding hydrogens is 264 g/mol. The number of carbonyl (C=O) groups is 2. The Hall–Kier alpha value is -1.12. The van der Waals surface area contributed by atoms with Gasteiger partial charge in [0.15, 0.2) is 0 Å². The van der Waals surface area contributed by atoms with Gasteiger partial charge in [-0.25, -0.2) is 4.79 Å². The van der Waals surface area contributed by atoms with Crippen LogP contribution in [-0.4, -0.2) is 17.9 Å². The molecule has 3 aliphatic rings. The number of hydrogen-bond acceptors (Lipinski definition) is 3. The molecule has 21 heavy (non-hydrogen) atoms. The summed E-state index contributed by atoms with van der Waals surface area (Å²) in [5.74, 6) is 1.61. The molecule has 3 heteroatoms. The number of carbonyl (C=O) groups excluding carboxylic acids is 2. The Kier molecular flexibility index (Phi) is 3.71. The van der Waals surface area contributed by atoms with Crippen molar-refractivity contribution in [3.8, 4) is 0 Å². The minimum absolute atomic E-state index is 0.00180. The molecule has 1 heterocycles. The number of fused-ring (bicyclic) bond motifs is 1. The molecule has 3 rings (SSSR count). The molecule has 0 amide bonds. The fourth-order valence-electron chi connectivity index (χ4n) is 5.25. The van der Waals surface area contributed by atoms with Crippen LogP contribution in [0.4, 0.5) is 0 Å². The molecule has 1 unspecified atom stereocenters. The second kappa shape index (κ2) is 5.26. The SMILES string of the molecule is C=C1C[C@H](C[C@@H](C)[C@H]2CCC3C(=O)CCC[C@@]32C)OC1=O. The van der Waals surface area contributed by atoms with E-state index in [1.165, 1.54) is 6.42 Å². The van der Waals surface area contributed by atoms with Gasteiger partial charge in [0.25, 0.3) is 0 Å². The number of rotatable bonds is 3. The van der Waals surface area contributed by atoms with Crippen LogP contribution in [-0.2, 0) is 14.3 Å². The van der Waals surface area contributed by atoms with Crippen molar-refractivity contribution < 1.29 is 14.3 Å². The maximum atomic E-state index is 12.2. The summed E-state index contributed by atoms with van der Waals surface area (Å²) >= 11 is 0. The summed E-state index contributed by atoms with van der Waals surface area (Å²) in [4.78, 5) is 23.7. The van der Waals surface area contributed by atoms with E-state index in [4.69, 9.17) is 4.74 Å². The standard InChI is InChI=1S/C18H26O3/c1-11(9-13-10-12(2)17(20)21-13)14-6-7-15-16(19)5-4-8-18(14,15)3/h11,13-15H,2,4-10H2,1,3H3/t11-,13+,14-,15?,18-/m1/s1. The maximum absolute atomic E-state index is 12.2. The smallest absolute Gasteiger partial charge is 0.333 e. The molecule has 0 aromatic carbocycles. The molecule has 0 N–H and O–H groups in total. The van der Waals surface area contributed by atoms with Gasteiger partial charge in [-0.15, -0.1) is 0 Å². The zero-order chi connectivity index (χ0) is 15.2. The molecule has 0 aromatic heterocycles. The average Bonchev–Trinajstić information content (AvgIpc) is 2.91. The third kappa shape index (κ3) is 2.45. The third-order valence-corrected chi connectivity index (χ3v) is 6.29. The molecule has 5 atom stereocenters. The molecule has 0 aromatic rings. The monoisotopic (exact) mass is 290 g/mol. The second-order valence-corrected chi connectivity index (χ2v) is 7.61. The lowest BCUT2D eigenvalue weighted by Gasteiger charge is -2.42. The normalized spacial score (nSPS) is 41.0. The molecule has 3 fully saturated rings. The summed E-state index contributed by atoms with van der Waals surface area (Å²) in [6, 6.07) is 0. The number of cyclic esters (lactones) is 1. The number of Topliss-reactive ketones (excluding diaryl/α,β-unsaturated/α-hetero) is 1. The second-order valence-electron chi connectivity index (χ2n) is 7.61. The highest BCUT2D eigenvalue weighted by atomic mass is 16.5. The predicted molar refractivity (Wildman–Crippen MR) is 80.6 cm³/mol. The van der Waals surface area contributed by atoms with E-state index in [0.717, 1.165) is 32.1 Å². The van der Waals surface area contributed by atoms with Crippen molar-refractivity contribution in [3.05, 3.63) is 12.2 Å². The van der Waals surface area contributed by atoms with Crippen molar-refractivity contribution in [2.45, 2.75) is 64.9 Å². The van der Waals surface area contributed by atoms with Gasteiger partial charge < -0.3 is 4.74 Å². The van der Waals surface area contributed by atoms with Gasteiger partial charge >= 0.3 is 5.97 Å². The van der Waals surface area contributed by atoms with Gasteiger partial charge in [-0.3, -0.25) is 4.79 Å². The highest BCUT2D eigenvalue weighted by Crippen LogP contribution is 2.57. The van der Waals surface area contributed by atoms with E-state index in [1.807, 2.05) is 0 Å². The van der Waals surface area contributed by atoms with Crippen LogP contribution in [0.25, 0.3) is 0 Å². The Bertz CT molecular complexity index is 465. The Morgan fingerprint density at radius 3 is 2.81 bits per heavy atom. The lowest BCUT2D eigenvalue weighted by Crippen LogP contribution is -2.39. The molecule has 116 valence electrons. The summed E-state index contributed by atoms with van der Waals surface area (Å²) < 4.78 is 5.39. The zero-order valence-electron chi connectivity index (χ0n) is 13.2. The number of esters is 1. The van der Waals surface area contributed by atoms with E-state index in [9.17, 15) is 9.59 Å². The zero-order valence-corrected chi connectivity index (χ0v) is 13.2. The van der Waals surface area contributed by atoms with Crippen molar-refractivity contribution in [2.24, 2.45) is 23.2 Å². The lowest BCUT2D eigenvalue weighted by atomic mass is 9.62. The highest BCUT2D eigenvalue weighted by Gasteiger charge is 2.52. The van der Waals surface area contributed by atoms with Crippen molar-refractivity contribution in [3.63, 3.8) is 0 Å². The van der Waals surface area contributed by atoms with Crippen molar-refractivity contribution in [2.75, 3.05) is 0 Å². The van der Waals surface area contributed by atoms with Crippen LogP contribution in [0.3, 0.4) is 0 Å². The average molecular weight is 290 g/mol. The fraction of sp³-hybridized carbons (Fsp3) is 0.778. The Balaban J connectivity index is 1.68. The van der Waals surface area contributed by atoms with Crippen molar-refractivity contribution in [1.82, 2.24) is 0 Å². The van der Waals surface area contributed by atoms with Gasteiger partial charge in [0, 0.05) is 24.3 Å². The van der Waals surface area contributed by atoms with Gasteiger partial charge in [-0.05, 0) is 49.4 Å². The maximum Gasteiger partial charge on any atom is 0.333 e. The largest absolute Gasteiger partial charge is 0.459 e. The first-order valence-electron chi connectivity index (χ1n) is 8.33. The first-order chi connectivity index (χ1) is 9.91. The predicted octanol–water partition coefficient (Wildman–Crippen LogP) is 3.67. The van der Waals surface area contributed by atoms with Gasteiger partial charge in [0.1, 0.15) is 11.9 Å². The van der Waals surface area contributed by atoms with Crippen molar-refractivity contribution >= 4 is 11.8 Å². The molecule has 0 radical (unpaired) electrons. The van der Waals surface area contributed by atoms with Crippen LogP contribution in [0.5, 0.6) is 0 Å². The van der Waals surface area contributed by atoms with Crippen LogP contribution in [0.15, 0.2) is 12.2 Å². The Labute approximate surface area is 127 Å². The Morgan fingerprint density at radius 1 is 1.38 bits per heavy atom.